The van der Waals surface area contributed by atoms with Crippen molar-refractivity contribution in [1.82, 2.24) is 20.0 Å². The first kappa shape index (κ1) is 16.5. The summed E-state index contributed by atoms with van der Waals surface area (Å²) in [5, 5.41) is 8.42. The molecule has 2 rings (SSSR count). The summed E-state index contributed by atoms with van der Waals surface area (Å²) in [5.41, 5.74) is 1.21. The zero-order chi connectivity index (χ0) is 15.4. The van der Waals surface area contributed by atoms with E-state index in [0.29, 0.717) is 24.0 Å². The molecule has 1 aromatic heterocycles. The highest BCUT2D eigenvalue weighted by Crippen LogP contribution is 2.19. The van der Waals surface area contributed by atoms with Gasteiger partial charge in [0, 0.05) is 37.9 Å². The van der Waals surface area contributed by atoms with Crippen LogP contribution in [-0.2, 0) is 6.54 Å². The van der Waals surface area contributed by atoms with Crippen LogP contribution in [0.2, 0.25) is 0 Å². The van der Waals surface area contributed by atoms with Gasteiger partial charge in [-0.15, -0.1) is 0 Å². The van der Waals surface area contributed by atoms with Crippen LogP contribution in [0.5, 0.6) is 0 Å². The van der Waals surface area contributed by atoms with Crippen LogP contribution in [0.25, 0.3) is 0 Å². The number of hydrogen-bond acceptors (Lipinski definition) is 3. The van der Waals surface area contributed by atoms with Gasteiger partial charge >= 0.3 is 0 Å². The molecule has 1 saturated heterocycles. The molecule has 21 heavy (non-hydrogen) atoms. The molecule has 1 aromatic rings. The van der Waals surface area contributed by atoms with Crippen molar-refractivity contribution in [2.24, 2.45) is 5.92 Å². The normalized spacial score (nSPS) is 24.1. The van der Waals surface area contributed by atoms with Gasteiger partial charge in [0.25, 0.3) is 0 Å². The zero-order valence-corrected chi connectivity index (χ0v) is 14.3. The second-order valence-electron chi connectivity index (χ2n) is 6.81. The highest BCUT2D eigenvalue weighted by atomic mass is 15.3. The molecule has 2 atom stereocenters. The van der Waals surface area contributed by atoms with Crippen molar-refractivity contribution in [3.8, 4) is 0 Å². The molecule has 4 heteroatoms. The van der Waals surface area contributed by atoms with Crippen LogP contribution in [0, 0.1) is 5.92 Å². The summed E-state index contributed by atoms with van der Waals surface area (Å²) in [4.78, 5) is 2.60. The molecular formula is C17H32N4. The van der Waals surface area contributed by atoms with Gasteiger partial charge in [0.1, 0.15) is 0 Å². The number of nitrogens with one attached hydrogen (secondary N) is 1. The Balaban J connectivity index is 2.05. The fourth-order valence-corrected chi connectivity index (χ4v) is 3.38. The maximum absolute atomic E-state index is 4.82. The lowest BCUT2D eigenvalue weighted by molar-refractivity contribution is 0.0940. The molecule has 0 bridgehead atoms. The monoisotopic (exact) mass is 292 g/mol. The van der Waals surface area contributed by atoms with Crippen molar-refractivity contribution in [3.63, 3.8) is 0 Å². The summed E-state index contributed by atoms with van der Waals surface area (Å²) in [6, 6.07) is 3.92. The van der Waals surface area contributed by atoms with Crippen molar-refractivity contribution in [2.75, 3.05) is 13.1 Å². The van der Waals surface area contributed by atoms with Crippen molar-refractivity contribution in [2.45, 2.75) is 72.1 Å². The van der Waals surface area contributed by atoms with E-state index in [2.05, 4.69) is 61.8 Å². The SMILES string of the molecule is CCC(CC)n1ccc(CN2CC(C)NCC2C(C)C)n1. The molecule has 2 unspecified atom stereocenters. The highest BCUT2D eigenvalue weighted by Gasteiger charge is 2.28. The average molecular weight is 292 g/mol. The number of rotatable bonds is 6. The number of nitrogens with zero attached hydrogens (tertiary/aromatic N) is 3. The molecular weight excluding hydrogens is 260 g/mol. The van der Waals surface area contributed by atoms with Crippen LogP contribution in [0.3, 0.4) is 0 Å². The van der Waals surface area contributed by atoms with Crippen LogP contribution >= 0.6 is 0 Å². The molecule has 1 fully saturated rings. The first-order chi connectivity index (χ1) is 10.0. The van der Waals surface area contributed by atoms with E-state index in [-0.39, 0.29) is 0 Å². The molecule has 2 heterocycles. The van der Waals surface area contributed by atoms with Crippen molar-refractivity contribution in [3.05, 3.63) is 18.0 Å². The average Bonchev–Trinajstić information content (AvgIpc) is 2.88. The van der Waals surface area contributed by atoms with Gasteiger partial charge in [0.05, 0.1) is 11.7 Å². The lowest BCUT2D eigenvalue weighted by atomic mass is 9.98. The molecule has 1 aliphatic rings. The van der Waals surface area contributed by atoms with Gasteiger partial charge in [-0.25, -0.2) is 0 Å². The second-order valence-corrected chi connectivity index (χ2v) is 6.81. The number of hydrogen-bond donors (Lipinski definition) is 1. The fraction of sp³-hybridized carbons (Fsp3) is 0.824. The van der Waals surface area contributed by atoms with E-state index in [9.17, 15) is 0 Å². The number of piperazine rings is 1. The topological polar surface area (TPSA) is 33.1 Å². The maximum atomic E-state index is 4.82. The van der Waals surface area contributed by atoms with Crippen LogP contribution in [-0.4, -0.2) is 39.9 Å². The van der Waals surface area contributed by atoms with E-state index < -0.39 is 0 Å². The van der Waals surface area contributed by atoms with Crippen molar-refractivity contribution < 1.29 is 0 Å². The molecule has 1 aliphatic heterocycles. The van der Waals surface area contributed by atoms with Crippen LogP contribution < -0.4 is 5.32 Å². The highest BCUT2D eigenvalue weighted by molar-refractivity contribution is 5.01. The van der Waals surface area contributed by atoms with Gasteiger partial charge in [0.2, 0.25) is 0 Å². The van der Waals surface area contributed by atoms with Crippen LogP contribution in [0.4, 0.5) is 0 Å². The largest absolute Gasteiger partial charge is 0.311 e. The van der Waals surface area contributed by atoms with Gasteiger partial charge in [-0.2, -0.15) is 5.10 Å². The first-order valence-electron chi connectivity index (χ1n) is 8.56. The van der Waals surface area contributed by atoms with E-state index in [4.69, 9.17) is 5.10 Å². The Labute approximate surface area is 129 Å². The lowest BCUT2D eigenvalue weighted by Gasteiger charge is -2.41. The van der Waals surface area contributed by atoms with E-state index in [1.54, 1.807) is 0 Å². The molecule has 1 N–H and O–H groups in total. The summed E-state index contributed by atoms with van der Waals surface area (Å²) in [6.07, 6.45) is 4.46. The Bertz CT molecular complexity index is 422. The molecule has 0 aliphatic carbocycles. The minimum absolute atomic E-state index is 0.543. The molecule has 0 aromatic carbocycles. The van der Waals surface area contributed by atoms with Gasteiger partial charge in [0.15, 0.2) is 0 Å². The smallest absolute Gasteiger partial charge is 0.0765 e. The van der Waals surface area contributed by atoms with E-state index in [0.717, 1.165) is 32.5 Å². The summed E-state index contributed by atoms with van der Waals surface area (Å²) >= 11 is 0. The third kappa shape index (κ3) is 4.07. The molecule has 0 saturated carbocycles. The van der Waals surface area contributed by atoms with E-state index in [1.807, 2.05) is 0 Å². The van der Waals surface area contributed by atoms with Gasteiger partial charge < -0.3 is 5.32 Å². The van der Waals surface area contributed by atoms with E-state index >= 15 is 0 Å². The minimum Gasteiger partial charge on any atom is -0.311 e. The Hall–Kier alpha value is -0.870. The lowest BCUT2D eigenvalue weighted by Crippen LogP contribution is -2.56. The van der Waals surface area contributed by atoms with E-state index in [1.165, 1.54) is 5.69 Å². The summed E-state index contributed by atoms with van der Waals surface area (Å²) in [6.45, 7) is 14.6. The fourth-order valence-electron chi connectivity index (χ4n) is 3.38. The molecule has 0 spiro atoms. The van der Waals surface area contributed by atoms with Crippen LogP contribution in [0.15, 0.2) is 12.3 Å². The molecule has 0 amide bonds. The summed E-state index contributed by atoms with van der Waals surface area (Å²) in [5.74, 6) is 0.672. The predicted octanol–water partition coefficient (Wildman–Crippen LogP) is 3.06. The third-order valence-electron chi connectivity index (χ3n) is 4.77. The van der Waals surface area contributed by atoms with Crippen molar-refractivity contribution in [1.29, 1.82) is 0 Å². The number of aromatic nitrogens is 2. The Morgan fingerprint density at radius 3 is 2.67 bits per heavy atom. The molecule has 0 radical (unpaired) electrons. The second kappa shape index (κ2) is 7.41. The van der Waals surface area contributed by atoms with Gasteiger partial charge in [-0.1, -0.05) is 27.7 Å². The first-order valence-corrected chi connectivity index (χ1v) is 8.56. The zero-order valence-electron chi connectivity index (χ0n) is 14.3. The maximum Gasteiger partial charge on any atom is 0.0765 e. The minimum atomic E-state index is 0.543. The van der Waals surface area contributed by atoms with Gasteiger partial charge in [-0.3, -0.25) is 9.58 Å². The molecule has 120 valence electrons. The molecule has 4 nitrogen and oxygen atoms in total. The summed E-state index contributed by atoms with van der Waals surface area (Å²) in [7, 11) is 0. The predicted molar refractivity (Wildman–Crippen MR) is 88.3 cm³/mol. The standard InChI is InChI=1S/C17H32N4/c1-6-16(7-2)21-9-8-15(19-21)12-20-11-14(5)18-10-17(20)13(3)4/h8-9,13-14,16-18H,6-7,10-12H2,1-5H3. The Kier molecular flexibility index (Phi) is 5.82. The summed E-state index contributed by atoms with van der Waals surface area (Å²) < 4.78 is 2.16. The Morgan fingerprint density at radius 1 is 1.33 bits per heavy atom. The quantitative estimate of drug-likeness (QED) is 0.875. The Morgan fingerprint density at radius 2 is 2.05 bits per heavy atom. The van der Waals surface area contributed by atoms with Gasteiger partial charge in [-0.05, 0) is 31.7 Å². The van der Waals surface area contributed by atoms with Crippen LogP contribution in [0.1, 0.15) is 59.2 Å². The third-order valence-corrected chi connectivity index (χ3v) is 4.77. The van der Waals surface area contributed by atoms with Crippen molar-refractivity contribution >= 4 is 0 Å².